The fourth-order valence-corrected chi connectivity index (χ4v) is 3.98. The van der Waals surface area contributed by atoms with Crippen LogP contribution in [0.25, 0.3) is 11.1 Å². The monoisotopic (exact) mass is 422 g/mol. The van der Waals surface area contributed by atoms with E-state index in [1.165, 1.54) is 12.4 Å². The van der Waals surface area contributed by atoms with Gasteiger partial charge in [0.25, 0.3) is 0 Å². The average Bonchev–Trinajstić information content (AvgIpc) is 3.06. The molecule has 30 heavy (non-hydrogen) atoms. The zero-order valence-electron chi connectivity index (χ0n) is 15.9. The molecule has 1 aliphatic rings. The molecule has 1 amide bonds. The third-order valence-electron chi connectivity index (χ3n) is 5.14. The Kier molecular flexibility index (Phi) is 5.68. The van der Waals surface area contributed by atoms with E-state index < -0.39 is 18.1 Å². The second-order valence-corrected chi connectivity index (χ2v) is 7.51. The molecule has 2 N–H and O–H groups in total. The maximum absolute atomic E-state index is 12.4. The molecule has 0 aliphatic heterocycles. The first-order chi connectivity index (χ1) is 14.5. The number of rotatable bonds is 6. The highest BCUT2D eigenvalue weighted by Gasteiger charge is 2.29. The Morgan fingerprint density at radius 1 is 1.07 bits per heavy atom. The van der Waals surface area contributed by atoms with Crippen LogP contribution in [0.2, 0.25) is 5.02 Å². The number of ether oxygens (including phenoxy) is 1. The van der Waals surface area contributed by atoms with Crippen LogP contribution in [0, 0.1) is 0 Å². The van der Waals surface area contributed by atoms with Crippen LogP contribution in [-0.4, -0.2) is 34.8 Å². The van der Waals surface area contributed by atoms with Crippen molar-refractivity contribution in [3.8, 4) is 11.1 Å². The molecule has 2 aromatic carbocycles. The highest BCUT2D eigenvalue weighted by atomic mass is 35.5. The minimum atomic E-state index is -1.16. The summed E-state index contributed by atoms with van der Waals surface area (Å²) >= 11 is 5.90. The van der Waals surface area contributed by atoms with Gasteiger partial charge in [-0.3, -0.25) is 4.98 Å². The van der Waals surface area contributed by atoms with Gasteiger partial charge in [0.2, 0.25) is 0 Å². The minimum Gasteiger partial charge on any atom is -0.480 e. The lowest BCUT2D eigenvalue weighted by Crippen LogP contribution is -2.42. The topological polar surface area (TPSA) is 88.5 Å². The van der Waals surface area contributed by atoms with Crippen LogP contribution in [0.1, 0.15) is 22.6 Å². The van der Waals surface area contributed by atoms with Crippen molar-refractivity contribution in [3.63, 3.8) is 0 Å². The lowest BCUT2D eigenvalue weighted by Gasteiger charge is -2.17. The van der Waals surface area contributed by atoms with Crippen LogP contribution in [-0.2, 0) is 16.0 Å². The van der Waals surface area contributed by atoms with Gasteiger partial charge in [-0.2, -0.15) is 0 Å². The Hall–Kier alpha value is -3.38. The summed E-state index contributed by atoms with van der Waals surface area (Å²) in [4.78, 5) is 27.9. The molecule has 4 rings (SSSR count). The van der Waals surface area contributed by atoms with E-state index in [1.54, 1.807) is 6.07 Å². The number of hydrogen-bond acceptors (Lipinski definition) is 4. The van der Waals surface area contributed by atoms with Crippen molar-refractivity contribution in [1.82, 2.24) is 10.3 Å². The summed E-state index contributed by atoms with van der Waals surface area (Å²) in [7, 11) is 0. The van der Waals surface area contributed by atoms with E-state index in [4.69, 9.17) is 16.3 Å². The SMILES string of the molecule is O=C(N[C@H](Cc1cncc(Cl)c1)C(=O)O)OCC1c2ccccc2-c2ccccc21. The van der Waals surface area contributed by atoms with Crippen LogP contribution < -0.4 is 5.32 Å². The van der Waals surface area contributed by atoms with Crippen molar-refractivity contribution in [2.75, 3.05) is 6.61 Å². The molecule has 0 spiro atoms. The molecule has 1 heterocycles. The lowest BCUT2D eigenvalue weighted by atomic mass is 9.98. The second kappa shape index (κ2) is 8.55. The van der Waals surface area contributed by atoms with Gasteiger partial charge in [-0.15, -0.1) is 0 Å². The van der Waals surface area contributed by atoms with Crippen molar-refractivity contribution < 1.29 is 19.4 Å². The van der Waals surface area contributed by atoms with E-state index in [0.717, 1.165) is 22.3 Å². The van der Waals surface area contributed by atoms with Gasteiger partial charge in [0.1, 0.15) is 12.6 Å². The van der Waals surface area contributed by atoms with Crippen LogP contribution in [0.4, 0.5) is 4.79 Å². The lowest BCUT2D eigenvalue weighted by molar-refractivity contribution is -0.139. The Morgan fingerprint density at radius 3 is 2.30 bits per heavy atom. The predicted octanol–water partition coefficient (Wildman–Crippen LogP) is 4.27. The maximum atomic E-state index is 12.4. The molecule has 7 heteroatoms. The van der Waals surface area contributed by atoms with E-state index in [-0.39, 0.29) is 18.9 Å². The van der Waals surface area contributed by atoms with Crippen molar-refractivity contribution in [2.24, 2.45) is 0 Å². The third kappa shape index (κ3) is 4.14. The van der Waals surface area contributed by atoms with Gasteiger partial charge < -0.3 is 15.2 Å². The molecule has 6 nitrogen and oxygen atoms in total. The van der Waals surface area contributed by atoms with Crippen LogP contribution >= 0.6 is 11.6 Å². The molecular formula is C23H19ClN2O4. The van der Waals surface area contributed by atoms with E-state index in [9.17, 15) is 14.7 Å². The second-order valence-electron chi connectivity index (χ2n) is 7.08. The van der Waals surface area contributed by atoms with Gasteiger partial charge in [-0.05, 0) is 33.9 Å². The number of halogens is 1. The molecule has 0 unspecified atom stereocenters. The number of aromatic nitrogens is 1. The predicted molar refractivity (Wildman–Crippen MR) is 113 cm³/mol. The number of carbonyl (C=O) groups excluding carboxylic acids is 1. The van der Waals surface area contributed by atoms with Crippen molar-refractivity contribution in [2.45, 2.75) is 18.4 Å². The number of carbonyl (C=O) groups is 2. The first-order valence-electron chi connectivity index (χ1n) is 9.46. The molecule has 1 aliphatic carbocycles. The van der Waals surface area contributed by atoms with Gasteiger partial charge in [0.05, 0.1) is 5.02 Å². The summed E-state index contributed by atoms with van der Waals surface area (Å²) in [6.45, 7) is 0.116. The molecule has 0 fully saturated rings. The number of benzene rings is 2. The number of alkyl carbamates (subject to hydrolysis) is 1. The zero-order valence-corrected chi connectivity index (χ0v) is 16.7. The van der Waals surface area contributed by atoms with Gasteiger partial charge in [0, 0.05) is 24.7 Å². The largest absolute Gasteiger partial charge is 0.480 e. The fourth-order valence-electron chi connectivity index (χ4n) is 3.79. The molecule has 0 bridgehead atoms. The van der Waals surface area contributed by atoms with E-state index in [2.05, 4.69) is 10.3 Å². The Bertz CT molecular complexity index is 1060. The minimum absolute atomic E-state index is 0.0487. The number of fused-ring (bicyclic) bond motifs is 3. The summed E-state index contributed by atoms with van der Waals surface area (Å²) < 4.78 is 5.43. The average molecular weight is 423 g/mol. The van der Waals surface area contributed by atoms with Crippen LogP contribution in [0.3, 0.4) is 0 Å². The number of carboxylic acids is 1. The zero-order chi connectivity index (χ0) is 21.1. The molecular weight excluding hydrogens is 404 g/mol. The number of hydrogen-bond donors (Lipinski definition) is 2. The van der Waals surface area contributed by atoms with Crippen molar-refractivity contribution in [1.29, 1.82) is 0 Å². The first-order valence-corrected chi connectivity index (χ1v) is 9.84. The summed E-state index contributed by atoms with van der Waals surface area (Å²) in [5, 5.41) is 12.3. The van der Waals surface area contributed by atoms with Crippen LogP contribution in [0.15, 0.2) is 67.0 Å². The van der Waals surface area contributed by atoms with E-state index in [1.807, 2.05) is 48.5 Å². The highest BCUT2D eigenvalue weighted by Crippen LogP contribution is 2.44. The normalized spacial score (nSPS) is 13.2. The van der Waals surface area contributed by atoms with Gasteiger partial charge in [0.15, 0.2) is 0 Å². The number of carboxylic acid groups (broad SMARTS) is 1. The molecule has 0 saturated heterocycles. The maximum Gasteiger partial charge on any atom is 0.407 e. The van der Waals surface area contributed by atoms with Crippen molar-refractivity contribution >= 4 is 23.7 Å². The standard InChI is InChI=1S/C23H19ClN2O4/c24-15-9-14(11-25-12-15)10-21(22(27)28)26-23(29)30-13-20-18-7-3-1-5-16(18)17-6-2-4-8-19(17)20/h1-9,11-12,20-21H,10,13H2,(H,26,29)(H,27,28)/t21-/m1/s1. The van der Waals surface area contributed by atoms with Gasteiger partial charge >= 0.3 is 12.1 Å². The summed E-state index contributed by atoms with van der Waals surface area (Å²) in [5.74, 6) is -1.26. The van der Waals surface area contributed by atoms with Crippen LogP contribution in [0.5, 0.6) is 0 Å². The fraction of sp³-hybridized carbons (Fsp3) is 0.174. The number of nitrogens with zero attached hydrogens (tertiary/aromatic N) is 1. The number of nitrogens with one attached hydrogen (secondary N) is 1. The number of pyridine rings is 1. The third-order valence-corrected chi connectivity index (χ3v) is 5.34. The Morgan fingerprint density at radius 2 is 1.70 bits per heavy atom. The molecule has 1 aromatic heterocycles. The van der Waals surface area contributed by atoms with Gasteiger partial charge in [-0.25, -0.2) is 9.59 Å². The molecule has 3 aromatic rings. The highest BCUT2D eigenvalue weighted by molar-refractivity contribution is 6.30. The number of aliphatic carboxylic acids is 1. The van der Waals surface area contributed by atoms with Crippen molar-refractivity contribution in [3.05, 3.63) is 88.7 Å². The smallest absolute Gasteiger partial charge is 0.407 e. The summed E-state index contributed by atoms with van der Waals surface area (Å²) in [6.07, 6.45) is 2.24. The molecule has 0 saturated carbocycles. The summed E-state index contributed by atoms with van der Waals surface area (Å²) in [6, 6.07) is 16.5. The first kappa shape index (κ1) is 19.9. The Labute approximate surface area is 178 Å². The number of amides is 1. The quantitative estimate of drug-likeness (QED) is 0.619. The molecule has 152 valence electrons. The van der Waals surface area contributed by atoms with E-state index in [0.29, 0.717) is 10.6 Å². The van der Waals surface area contributed by atoms with E-state index >= 15 is 0 Å². The molecule has 1 atom stereocenters. The molecule has 0 radical (unpaired) electrons. The summed E-state index contributed by atoms with van der Waals surface area (Å²) in [5.41, 5.74) is 5.03. The Balaban J connectivity index is 1.43. The van der Waals surface area contributed by atoms with Gasteiger partial charge in [-0.1, -0.05) is 60.1 Å².